The lowest BCUT2D eigenvalue weighted by atomic mass is 10.0. The Hall–Kier alpha value is -3.09. The summed E-state index contributed by atoms with van der Waals surface area (Å²) in [5.41, 5.74) is 1.42. The number of rotatable bonds is 4. The minimum absolute atomic E-state index is 0.0840. The summed E-state index contributed by atoms with van der Waals surface area (Å²) in [6, 6.07) is 11.3. The predicted molar refractivity (Wildman–Crippen MR) is 98.7 cm³/mol. The molecule has 0 saturated carbocycles. The van der Waals surface area contributed by atoms with Crippen molar-refractivity contribution in [1.82, 2.24) is 19.9 Å². The van der Waals surface area contributed by atoms with E-state index in [1.807, 2.05) is 35.0 Å². The van der Waals surface area contributed by atoms with Crippen molar-refractivity contribution >= 4 is 17.4 Å². The summed E-state index contributed by atoms with van der Waals surface area (Å²) in [7, 11) is 1.58. The molecule has 7 heteroatoms. The van der Waals surface area contributed by atoms with Gasteiger partial charge in [0.25, 0.3) is 5.91 Å². The molecule has 26 heavy (non-hydrogen) atoms. The predicted octanol–water partition coefficient (Wildman–Crippen LogP) is 2.14. The fourth-order valence-corrected chi connectivity index (χ4v) is 3.41. The number of ether oxygens (including phenoxy) is 1. The van der Waals surface area contributed by atoms with Crippen LogP contribution in [0.4, 0.5) is 5.82 Å². The van der Waals surface area contributed by atoms with Crippen molar-refractivity contribution in [3.05, 3.63) is 54.4 Å². The first-order valence-corrected chi connectivity index (χ1v) is 8.74. The minimum Gasteiger partial charge on any atom is -0.496 e. The minimum atomic E-state index is -0.0840. The van der Waals surface area contributed by atoms with Gasteiger partial charge < -0.3 is 15.0 Å². The number of hydrogen-bond acceptors (Lipinski definition) is 5. The highest BCUT2D eigenvalue weighted by Gasteiger charge is 2.23. The molecule has 7 nitrogen and oxygen atoms in total. The van der Waals surface area contributed by atoms with Crippen LogP contribution in [-0.4, -0.2) is 46.7 Å². The van der Waals surface area contributed by atoms with Crippen molar-refractivity contribution in [2.24, 2.45) is 0 Å². The number of piperidine rings is 1. The first-order chi connectivity index (χ1) is 12.8. The topological polar surface area (TPSA) is 71.8 Å². The van der Waals surface area contributed by atoms with E-state index in [-0.39, 0.29) is 11.9 Å². The van der Waals surface area contributed by atoms with Gasteiger partial charge in [0, 0.05) is 31.4 Å². The zero-order valence-corrected chi connectivity index (χ0v) is 14.6. The number of methoxy groups -OCH3 is 1. The summed E-state index contributed by atoms with van der Waals surface area (Å²) in [4.78, 5) is 19.1. The Morgan fingerprint density at radius 3 is 2.77 bits per heavy atom. The van der Waals surface area contributed by atoms with Crippen LogP contribution in [0.15, 0.2) is 48.8 Å². The number of amides is 1. The Balaban J connectivity index is 1.41. The number of carbonyl (C=O) groups is 1. The fraction of sp³-hybridized carbons (Fsp3) is 0.316. The SMILES string of the molecule is COc1ccccc1C(=O)NC1CCN(c2ccnc3ccnn23)CC1. The van der Waals surface area contributed by atoms with E-state index in [2.05, 4.69) is 20.3 Å². The van der Waals surface area contributed by atoms with Gasteiger partial charge in [0.2, 0.25) is 0 Å². The second kappa shape index (κ2) is 7.03. The number of fused-ring (bicyclic) bond motifs is 1. The Kier molecular flexibility index (Phi) is 4.43. The van der Waals surface area contributed by atoms with E-state index >= 15 is 0 Å². The Morgan fingerprint density at radius 2 is 1.96 bits per heavy atom. The van der Waals surface area contributed by atoms with Crippen LogP contribution in [-0.2, 0) is 0 Å². The third-order valence-electron chi connectivity index (χ3n) is 4.78. The van der Waals surface area contributed by atoms with Crippen LogP contribution < -0.4 is 15.0 Å². The normalized spacial score (nSPS) is 15.2. The molecule has 3 aromatic rings. The average molecular weight is 351 g/mol. The van der Waals surface area contributed by atoms with Crippen LogP contribution in [0.1, 0.15) is 23.2 Å². The summed E-state index contributed by atoms with van der Waals surface area (Å²) in [5.74, 6) is 1.55. The highest BCUT2D eigenvalue weighted by atomic mass is 16.5. The number of nitrogens with one attached hydrogen (secondary N) is 1. The standard InChI is InChI=1S/C19H21N5O2/c1-26-16-5-3-2-4-15(16)19(25)22-14-8-12-23(13-9-14)18-7-10-20-17-6-11-21-24(17)18/h2-7,10-11,14H,8-9,12-13H2,1H3,(H,22,25). The van der Waals surface area contributed by atoms with Crippen LogP contribution in [0.5, 0.6) is 5.75 Å². The summed E-state index contributed by atoms with van der Waals surface area (Å²) < 4.78 is 7.13. The number of carbonyl (C=O) groups excluding carboxylic acids is 1. The van der Waals surface area contributed by atoms with E-state index < -0.39 is 0 Å². The molecule has 1 N–H and O–H groups in total. The molecule has 1 aromatic carbocycles. The molecule has 4 rings (SSSR count). The highest BCUT2D eigenvalue weighted by molar-refractivity contribution is 5.97. The monoisotopic (exact) mass is 351 g/mol. The highest BCUT2D eigenvalue weighted by Crippen LogP contribution is 2.21. The lowest BCUT2D eigenvalue weighted by molar-refractivity contribution is 0.0928. The van der Waals surface area contributed by atoms with E-state index in [0.29, 0.717) is 11.3 Å². The van der Waals surface area contributed by atoms with Gasteiger partial charge in [-0.1, -0.05) is 12.1 Å². The third-order valence-corrected chi connectivity index (χ3v) is 4.78. The number of hydrogen-bond donors (Lipinski definition) is 1. The zero-order chi connectivity index (χ0) is 17.9. The van der Waals surface area contributed by atoms with Crippen molar-refractivity contribution < 1.29 is 9.53 Å². The van der Waals surface area contributed by atoms with Crippen LogP contribution in [0.25, 0.3) is 5.65 Å². The largest absolute Gasteiger partial charge is 0.496 e. The van der Waals surface area contributed by atoms with Gasteiger partial charge in [-0.3, -0.25) is 4.79 Å². The summed E-state index contributed by atoms with van der Waals surface area (Å²) in [6.07, 6.45) is 5.33. The number of nitrogens with zero attached hydrogens (tertiary/aromatic N) is 4. The van der Waals surface area contributed by atoms with Crippen molar-refractivity contribution in [3.63, 3.8) is 0 Å². The van der Waals surface area contributed by atoms with Gasteiger partial charge in [0.15, 0.2) is 5.65 Å². The van der Waals surface area contributed by atoms with Gasteiger partial charge in [-0.15, -0.1) is 0 Å². The van der Waals surface area contributed by atoms with E-state index in [9.17, 15) is 4.79 Å². The molecule has 0 bridgehead atoms. The zero-order valence-electron chi connectivity index (χ0n) is 14.6. The van der Waals surface area contributed by atoms with Crippen LogP contribution in [0.3, 0.4) is 0 Å². The van der Waals surface area contributed by atoms with Gasteiger partial charge >= 0.3 is 0 Å². The Morgan fingerprint density at radius 1 is 1.15 bits per heavy atom. The van der Waals surface area contributed by atoms with E-state index in [4.69, 9.17) is 4.74 Å². The second-order valence-electron chi connectivity index (χ2n) is 6.34. The van der Waals surface area contributed by atoms with Gasteiger partial charge in [0.1, 0.15) is 11.6 Å². The second-order valence-corrected chi connectivity index (χ2v) is 6.34. The molecule has 1 fully saturated rings. The molecule has 0 aliphatic carbocycles. The molecular weight excluding hydrogens is 330 g/mol. The maximum absolute atomic E-state index is 12.6. The average Bonchev–Trinajstić information content (AvgIpc) is 3.17. The van der Waals surface area contributed by atoms with Crippen LogP contribution in [0.2, 0.25) is 0 Å². The Labute approximate surface area is 151 Å². The lowest BCUT2D eigenvalue weighted by Crippen LogP contribution is -2.45. The maximum atomic E-state index is 12.6. The first-order valence-electron chi connectivity index (χ1n) is 8.74. The van der Waals surface area contributed by atoms with E-state index in [0.717, 1.165) is 37.4 Å². The molecule has 0 radical (unpaired) electrons. The fourth-order valence-electron chi connectivity index (χ4n) is 3.41. The van der Waals surface area contributed by atoms with Crippen molar-refractivity contribution in [3.8, 4) is 5.75 Å². The van der Waals surface area contributed by atoms with Gasteiger partial charge in [-0.2, -0.15) is 9.61 Å². The molecular formula is C19H21N5O2. The van der Waals surface area contributed by atoms with Crippen LogP contribution in [0, 0.1) is 0 Å². The molecule has 1 aliphatic rings. The Bertz CT molecular complexity index is 915. The maximum Gasteiger partial charge on any atom is 0.255 e. The molecule has 0 atom stereocenters. The number of aromatic nitrogens is 3. The van der Waals surface area contributed by atoms with Gasteiger partial charge in [-0.05, 0) is 31.0 Å². The molecule has 1 saturated heterocycles. The molecule has 0 unspecified atom stereocenters. The number of para-hydroxylation sites is 1. The molecule has 3 heterocycles. The number of anilines is 1. The van der Waals surface area contributed by atoms with Crippen LogP contribution >= 0.6 is 0 Å². The van der Waals surface area contributed by atoms with Crippen molar-refractivity contribution in [2.45, 2.75) is 18.9 Å². The smallest absolute Gasteiger partial charge is 0.255 e. The summed E-state index contributed by atoms with van der Waals surface area (Å²) in [5, 5.41) is 7.48. The summed E-state index contributed by atoms with van der Waals surface area (Å²) >= 11 is 0. The van der Waals surface area contributed by atoms with Gasteiger partial charge in [0.05, 0.1) is 18.9 Å². The summed E-state index contributed by atoms with van der Waals surface area (Å²) in [6.45, 7) is 1.71. The molecule has 1 amide bonds. The molecule has 1 aliphatic heterocycles. The molecule has 2 aromatic heterocycles. The van der Waals surface area contributed by atoms with E-state index in [1.165, 1.54) is 0 Å². The molecule has 0 spiro atoms. The number of benzene rings is 1. The van der Waals surface area contributed by atoms with Gasteiger partial charge in [-0.25, -0.2) is 4.98 Å². The quantitative estimate of drug-likeness (QED) is 0.780. The van der Waals surface area contributed by atoms with E-state index in [1.54, 1.807) is 25.4 Å². The first kappa shape index (κ1) is 16.4. The lowest BCUT2D eigenvalue weighted by Gasteiger charge is -2.33. The third kappa shape index (κ3) is 3.08. The molecule has 134 valence electrons. The van der Waals surface area contributed by atoms with Crippen molar-refractivity contribution in [2.75, 3.05) is 25.1 Å². The van der Waals surface area contributed by atoms with Crippen molar-refractivity contribution in [1.29, 1.82) is 0 Å².